The molecule has 0 amide bonds. The Balaban J connectivity index is 0.000000233. The summed E-state index contributed by atoms with van der Waals surface area (Å²) in [6, 6.07) is 36.7. The smallest absolute Gasteiger partial charge is 0.141 e. The minimum atomic E-state index is -1.36. The molecule has 0 N–H and O–H groups in total. The number of hydrogen-bond acceptors (Lipinski definition) is 1. The van der Waals surface area contributed by atoms with E-state index in [-0.39, 0.29) is 31.3 Å². The molecule has 0 aliphatic heterocycles. The van der Waals surface area contributed by atoms with Gasteiger partial charge in [-0.3, -0.25) is 0 Å². The molecule has 0 aliphatic carbocycles. The number of aryl methyl sites for hydroxylation is 1. The number of fused-ring (bicyclic) bond motifs is 4. The molecule has 0 saturated heterocycles. The van der Waals surface area contributed by atoms with Crippen molar-refractivity contribution < 1.29 is 38.0 Å². The van der Waals surface area contributed by atoms with E-state index in [0.717, 1.165) is 67.6 Å². The van der Waals surface area contributed by atoms with Crippen molar-refractivity contribution in [3.8, 4) is 33.6 Å². The van der Waals surface area contributed by atoms with Gasteiger partial charge in [-0.15, -0.1) is 11.6 Å². The Labute approximate surface area is 352 Å². The van der Waals surface area contributed by atoms with Crippen molar-refractivity contribution in [1.82, 2.24) is 0 Å². The van der Waals surface area contributed by atoms with Gasteiger partial charge in [0.25, 0.3) is 0 Å². The molecule has 0 fully saturated rings. The van der Waals surface area contributed by atoms with E-state index in [1.54, 1.807) is 6.07 Å². The molecule has 57 heavy (non-hydrogen) atoms. The van der Waals surface area contributed by atoms with E-state index in [0.29, 0.717) is 0 Å². The first-order valence-electron chi connectivity index (χ1n) is 19.1. The van der Waals surface area contributed by atoms with Gasteiger partial charge in [-0.1, -0.05) is 148 Å². The number of pyridine rings is 2. The Bertz CT molecular complexity index is 2770. The summed E-state index contributed by atoms with van der Waals surface area (Å²) in [6.07, 6.45) is 5.16. The molecule has 3 heterocycles. The van der Waals surface area contributed by atoms with Gasteiger partial charge in [-0.05, 0) is 40.7 Å². The van der Waals surface area contributed by atoms with Crippen molar-refractivity contribution in [1.29, 1.82) is 0 Å². The minimum Gasteiger partial charge on any atom is -0.469 e. The first-order chi connectivity index (χ1) is 26.5. The maximum atomic E-state index is 13.4. The van der Waals surface area contributed by atoms with Gasteiger partial charge in [0, 0.05) is 50.5 Å². The van der Waals surface area contributed by atoms with Crippen molar-refractivity contribution in [2.45, 2.75) is 53.8 Å². The molecule has 0 atom stereocenters. The normalized spacial score (nSPS) is 11.7. The topological polar surface area (TPSA) is 20.9 Å². The van der Waals surface area contributed by atoms with Crippen LogP contribution in [0.2, 0.25) is 19.6 Å². The monoisotopic (exact) mass is 947 g/mol. The summed E-state index contributed by atoms with van der Waals surface area (Å²) in [5, 5.41) is 5.97. The van der Waals surface area contributed by atoms with Gasteiger partial charge >= 0.3 is 0 Å². The fraction of sp³-hybridized carbons (Fsp3) is 0.176. The minimum absolute atomic E-state index is 0. The second kappa shape index (κ2) is 15.9. The first-order valence-corrected chi connectivity index (χ1v) is 22.6. The van der Waals surface area contributed by atoms with E-state index in [1.165, 1.54) is 44.8 Å². The Morgan fingerprint density at radius 1 is 0.649 bits per heavy atom. The van der Waals surface area contributed by atoms with Gasteiger partial charge in [-0.2, -0.15) is 37.1 Å². The van der Waals surface area contributed by atoms with Crippen molar-refractivity contribution in [2.24, 2.45) is 5.41 Å². The number of hydrogen-bond donors (Lipinski definition) is 0. The molecular formula is C51H51FIrN2OSi-2. The molecule has 8 aromatic rings. The van der Waals surface area contributed by atoms with Crippen LogP contribution in [0.4, 0.5) is 4.39 Å². The number of benzene rings is 5. The van der Waals surface area contributed by atoms with Gasteiger partial charge in [0.1, 0.15) is 5.58 Å². The molecular weight excluding hydrogens is 896 g/mol. The number of rotatable bonds is 5. The molecule has 5 aromatic carbocycles. The predicted molar refractivity (Wildman–Crippen MR) is 236 cm³/mol. The second-order valence-corrected chi connectivity index (χ2v) is 22.3. The summed E-state index contributed by atoms with van der Waals surface area (Å²) in [5.41, 5.74) is 12.2. The predicted octanol–water partition coefficient (Wildman–Crippen LogP) is 12.2. The van der Waals surface area contributed by atoms with Crippen LogP contribution >= 0.6 is 0 Å². The molecule has 0 aliphatic rings. The summed E-state index contributed by atoms with van der Waals surface area (Å²) < 4.78 is 24.0. The summed E-state index contributed by atoms with van der Waals surface area (Å²) in [5.74, 6) is -0.253. The summed E-state index contributed by atoms with van der Waals surface area (Å²) >= 11 is 0. The summed E-state index contributed by atoms with van der Waals surface area (Å²) in [6.45, 7) is 24.2. The third-order valence-electron chi connectivity index (χ3n) is 10.5. The van der Waals surface area contributed by atoms with Gasteiger partial charge in [-0.25, -0.2) is 4.39 Å². The number of halogens is 1. The maximum Gasteiger partial charge on any atom is 0.141 e. The fourth-order valence-corrected chi connectivity index (χ4v) is 8.73. The number of para-hydroxylation sites is 1. The Morgan fingerprint density at radius 2 is 1.28 bits per heavy atom. The van der Waals surface area contributed by atoms with E-state index in [9.17, 15) is 4.39 Å². The quantitative estimate of drug-likeness (QED) is 0.0957. The van der Waals surface area contributed by atoms with Gasteiger partial charge in [0.15, 0.2) is 0 Å². The van der Waals surface area contributed by atoms with Crippen molar-refractivity contribution in [2.75, 3.05) is 0 Å². The van der Waals surface area contributed by atoms with Crippen LogP contribution in [0, 0.1) is 46.1 Å². The molecule has 293 valence electrons. The van der Waals surface area contributed by atoms with Gasteiger partial charge in [0.05, 0.1) is 43.3 Å². The Morgan fingerprint density at radius 3 is 2.00 bits per heavy atom. The molecule has 0 bridgehead atoms. The third-order valence-corrected chi connectivity index (χ3v) is 12.6. The summed E-state index contributed by atoms with van der Waals surface area (Å²) in [7, 11) is 7.01. The van der Waals surface area contributed by atoms with E-state index < -0.39 is 8.07 Å². The number of nitrogens with zero attached hydrogens (tertiary/aromatic N) is 2. The van der Waals surface area contributed by atoms with Crippen LogP contribution < -0.4 is 14.3 Å². The zero-order valence-corrected chi connectivity index (χ0v) is 37.5. The Hall–Kier alpha value is -5.26. The van der Waals surface area contributed by atoms with Crippen LogP contribution in [0.15, 0.2) is 126 Å². The molecule has 1 radical (unpaired) electrons. The van der Waals surface area contributed by atoms with Crippen LogP contribution in [0.3, 0.4) is 0 Å². The largest absolute Gasteiger partial charge is 0.469 e. The average Bonchev–Trinajstić information content (AvgIpc) is 3.52. The molecule has 3 nitrogen and oxygen atoms in total. The zero-order valence-electron chi connectivity index (χ0n) is 34.1. The van der Waals surface area contributed by atoms with Gasteiger partial charge in [0.2, 0.25) is 0 Å². The zero-order chi connectivity index (χ0) is 40.1. The molecule has 0 saturated carbocycles. The van der Waals surface area contributed by atoms with E-state index >= 15 is 0 Å². The van der Waals surface area contributed by atoms with Crippen LogP contribution in [0.1, 0.15) is 43.0 Å². The maximum absolute atomic E-state index is 13.4. The number of furan rings is 1. The third kappa shape index (κ3) is 8.41. The Kier molecular flexibility index (Phi) is 11.6. The first kappa shape index (κ1) is 41.4. The molecule has 6 heteroatoms. The van der Waals surface area contributed by atoms with E-state index in [4.69, 9.17) is 4.42 Å². The molecule has 8 rings (SSSR count). The average molecular weight is 947 g/mol. The molecule has 0 spiro atoms. The molecule has 3 aromatic heterocycles. The van der Waals surface area contributed by atoms with Crippen LogP contribution in [-0.4, -0.2) is 8.07 Å². The van der Waals surface area contributed by atoms with E-state index in [1.807, 2.05) is 21.4 Å². The SMILES string of the molecule is [CH2-]c1ccc(F)cc1-c1ccc([Si](C)(C)C)c[n+]1[CH2-].[CH2-]c1ccc2c(oc3c(-c4cccc5ccccc45)cccc32)c1-c1cc(CC(C)(C)C)c(C)c[n+]1[CH2-].[Ir]. The van der Waals surface area contributed by atoms with Crippen molar-refractivity contribution >= 4 is 46.0 Å². The molecule has 0 unspecified atom stereocenters. The van der Waals surface area contributed by atoms with Crippen LogP contribution in [0.25, 0.3) is 66.4 Å². The van der Waals surface area contributed by atoms with Gasteiger partial charge < -0.3 is 13.6 Å². The summed E-state index contributed by atoms with van der Waals surface area (Å²) in [4.78, 5) is 0. The van der Waals surface area contributed by atoms with Crippen LogP contribution in [0.5, 0.6) is 0 Å². The van der Waals surface area contributed by atoms with E-state index in [2.05, 4.69) is 166 Å². The standard InChI is InChI=1S/C35H32NO.C16H19FNSi.Ir/c1-22-17-18-30-29-16-10-15-28(27-14-9-12-24-11-7-8-13-26(24)27)33(29)37-34(30)32(22)31-19-25(20-35(3,4)5)23(2)21-36(31)6;1-12-6-7-13(17)10-15(12)16-9-8-14(11-18(16)2)19(3,4)5;/h7-19,21H,1,6,20H2,2-5H3;6-11H,1-2H2,3-5H3;/q2*-1;. The second-order valence-electron chi connectivity index (χ2n) is 17.2. The fourth-order valence-electron chi connectivity index (χ4n) is 7.60. The van der Waals surface area contributed by atoms with Crippen molar-refractivity contribution in [3.63, 3.8) is 0 Å². The number of aromatic nitrogens is 2. The van der Waals surface area contributed by atoms with Crippen LogP contribution in [-0.2, 0) is 26.5 Å². The van der Waals surface area contributed by atoms with Crippen molar-refractivity contribution in [3.05, 3.63) is 178 Å².